The van der Waals surface area contributed by atoms with Gasteiger partial charge in [0.05, 0.1) is 0 Å². The van der Waals surface area contributed by atoms with E-state index in [0.717, 1.165) is 21.5 Å². The molecule has 0 radical (unpaired) electrons. The first-order valence-electron chi connectivity index (χ1n) is 5.78. The van der Waals surface area contributed by atoms with Gasteiger partial charge in [0, 0.05) is 0 Å². The molecular weight excluding hydrogens is 395 g/mol. The van der Waals surface area contributed by atoms with E-state index in [-0.39, 0.29) is 0 Å². The van der Waals surface area contributed by atoms with Gasteiger partial charge >= 0.3 is 122 Å². The van der Waals surface area contributed by atoms with Gasteiger partial charge in [-0.3, -0.25) is 0 Å². The van der Waals surface area contributed by atoms with Crippen LogP contribution in [0, 0.1) is 0 Å². The molecule has 94 valence electrons. The van der Waals surface area contributed by atoms with Gasteiger partial charge in [0.25, 0.3) is 0 Å². The molecule has 4 rings (SSSR count). The first-order chi connectivity index (χ1) is 9.16. The summed E-state index contributed by atoms with van der Waals surface area (Å²) in [5, 5.41) is 6.22. The molecule has 0 amide bonds. The van der Waals surface area contributed by atoms with Crippen LogP contribution >= 0.6 is 17.9 Å². The van der Waals surface area contributed by atoms with Crippen LogP contribution in [0.1, 0.15) is 0 Å². The summed E-state index contributed by atoms with van der Waals surface area (Å²) in [6.07, 6.45) is 0. The first-order valence-corrected chi connectivity index (χ1v) is 13.8. The molecule has 1 aliphatic heterocycles. The molecule has 5 heteroatoms. The summed E-state index contributed by atoms with van der Waals surface area (Å²) in [6.45, 7) is 0. The van der Waals surface area contributed by atoms with Gasteiger partial charge in [0.2, 0.25) is 0 Å². The Morgan fingerprint density at radius 1 is 0.632 bits per heavy atom. The molecule has 3 aromatic carbocycles. The zero-order valence-electron chi connectivity index (χ0n) is 9.68. The molecule has 2 nitrogen and oxygen atoms in total. The molecule has 0 atom stereocenters. The minimum absolute atomic E-state index is 0.862. The topological polar surface area (TPSA) is 24.7 Å². The molecular formula is C14H8Cl2N2Te. The molecule has 0 fully saturated rings. The van der Waals surface area contributed by atoms with Crippen LogP contribution in [0.4, 0.5) is 0 Å². The average Bonchev–Trinajstić information content (AvgIpc) is 2.75. The average molecular weight is 403 g/mol. The summed E-state index contributed by atoms with van der Waals surface area (Å²) in [5.74, 6) is 0. The Balaban J connectivity index is 2.43. The third-order valence-electron chi connectivity index (χ3n) is 3.28. The summed E-state index contributed by atoms with van der Waals surface area (Å²) in [5.41, 5.74) is 0. The molecule has 0 bridgehead atoms. The minimum atomic E-state index is -3.43. The summed E-state index contributed by atoms with van der Waals surface area (Å²) >= 11 is -3.43. The predicted molar refractivity (Wildman–Crippen MR) is 81.2 cm³/mol. The van der Waals surface area contributed by atoms with Crippen LogP contribution in [0.5, 0.6) is 0 Å². The predicted octanol–water partition coefficient (Wildman–Crippen LogP) is 3.16. The summed E-state index contributed by atoms with van der Waals surface area (Å²) in [6, 6.07) is 16.4. The molecule has 0 aromatic heterocycles. The molecule has 0 saturated carbocycles. The van der Waals surface area contributed by atoms with Gasteiger partial charge in [0.15, 0.2) is 0 Å². The van der Waals surface area contributed by atoms with E-state index in [1.807, 2.05) is 24.3 Å². The van der Waals surface area contributed by atoms with E-state index in [1.54, 1.807) is 0 Å². The number of benzene rings is 3. The molecule has 0 spiro atoms. The van der Waals surface area contributed by atoms with Crippen molar-refractivity contribution in [2.45, 2.75) is 0 Å². The molecule has 3 aromatic rings. The summed E-state index contributed by atoms with van der Waals surface area (Å²) < 4.78 is 9.03. The number of hydrogen-bond acceptors (Lipinski definition) is 2. The Kier molecular flexibility index (Phi) is 2.56. The van der Waals surface area contributed by atoms with E-state index in [9.17, 15) is 0 Å². The third-order valence-corrected chi connectivity index (χ3v) is 7.43. The second-order valence-corrected chi connectivity index (χ2v) is 14.6. The second-order valence-electron chi connectivity index (χ2n) is 4.39. The van der Waals surface area contributed by atoms with Gasteiger partial charge in [0.1, 0.15) is 0 Å². The summed E-state index contributed by atoms with van der Waals surface area (Å²) in [4.78, 5) is 0. The van der Waals surface area contributed by atoms with Crippen molar-refractivity contribution in [1.82, 2.24) is 0 Å². The molecule has 0 saturated heterocycles. The Morgan fingerprint density at radius 2 is 1.00 bits per heavy atom. The maximum absolute atomic E-state index is 6.26. The van der Waals surface area contributed by atoms with Crippen LogP contribution in [0.25, 0.3) is 21.5 Å². The van der Waals surface area contributed by atoms with Crippen molar-refractivity contribution in [2.75, 3.05) is 0 Å². The van der Waals surface area contributed by atoms with Crippen molar-refractivity contribution in [3.05, 3.63) is 59.2 Å². The fourth-order valence-electron chi connectivity index (χ4n) is 2.53. The quantitative estimate of drug-likeness (QED) is 0.408. The fourth-order valence-corrected chi connectivity index (χ4v) is 6.81. The van der Waals surface area contributed by atoms with Gasteiger partial charge in [-0.2, -0.15) is 0 Å². The van der Waals surface area contributed by atoms with E-state index in [2.05, 4.69) is 30.8 Å². The van der Waals surface area contributed by atoms with Crippen molar-refractivity contribution in [3.8, 4) is 0 Å². The van der Waals surface area contributed by atoms with Crippen LogP contribution < -0.4 is 10.7 Å². The van der Waals surface area contributed by atoms with Crippen molar-refractivity contribution < 1.29 is 0 Å². The molecule has 19 heavy (non-hydrogen) atoms. The van der Waals surface area contributed by atoms with Gasteiger partial charge < -0.3 is 0 Å². The number of nitrogens with zero attached hydrogens (tertiary/aromatic N) is 2. The van der Waals surface area contributed by atoms with Gasteiger partial charge in [-0.25, -0.2) is 0 Å². The van der Waals surface area contributed by atoms with Gasteiger partial charge in [-0.1, -0.05) is 0 Å². The Labute approximate surface area is 121 Å². The van der Waals surface area contributed by atoms with E-state index in [0.29, 0.717) is 0 Å². The van der Waals surface area contributed by atoms with E-state index in [4.69, 9.17) is 17.9 Å². The van der Waals surface area contributed by atoms with Crippen molar-refractivity contribution in [1.29, 1.82) is 0 Å². The van der Waals surface area contributed by atoms with Crippen LogP contribution in [-0.4, -0.2) is 16.5 Å². The zero-order valence-corrected chi connectivity index (χ0v) is 13.5. The third kappa shape index (κ3) is 1.77. The van der Waals surface area contributed by atoms with E-state index >= 15 is 0 Å². The number of rotatable bonds is 0. The number of fused-ring (bicyclic) bond motifs is 6. The number of halogens is 2. The molecule has 0 unspecified atom stereocenters. The Hall–Kier alpha value is -0.850. The Bertz CT molecular complexity index is 874. The Morgan fingerprint density at radius 3 is 1.42 bits per heavy atom. The molecule has 0 aliphatic carbocycles. The normalized spacial score (nSPS) is 17.8. The molecule has 0 N–H and O–H groups in total. The first kappa shape index (κ1) is 11.9. The second kappa shape index (κ2) is 4.07. The standard InChI is InChI=1S/C14H8Cl2N2Te/c15-19(16)17-13-11-7-3-1-5-9(11)10-6-2-4-8-12(10)14(13)18-19/h1-8H. The van der Waals surface area contributed by atoms with Crippen molar-refractivity contribution >= 4 is 56.0 Å². The van der Waals surface area contributed by atoms with Gasteiger partial charge in [-0.15, -0.1) is 0 Å². The van der Waals surface area contributed by atoms with E-state index in [1.165, 1.54) is 10.8 Å². The van der Waals surface area contributed by atoms with Crippen LogP contribution in [-0.2, 0) is 0 Å². The van der Waals surface area contributed by atoms with Crippen LogP contribution in [0.2, 0.25) is 0 Å². The SMILES string of the molecule is Cl[Te]1(Cl)N=c2c(c3ccccc3c3ccccc23)=N1. The zero-order chi connectivity index (χ0) is 13.0. The van der Waals surface area contributed by atoms with Crippen molar-refractivity contribution in [3.63, 3.8) is 0 Å². The fraction of sp³-hybridized carbons (Fsp3) is 0. The van der Waals surface area contributed by atoms with Crippen LogP contribution in [0.15, 0.2) is 55.0 Å². The monoisotopic (exact) mass is 404 g/mol. The van der Waals surface area contributed by atoms with Crippen LogP contribution in [0.3, 0.4) is 0 Å². The van der Waals surface area contributed by atoms with E-state index < -0.39 is 16.5 Å². The summed E-state index contributed by atoms with van der Waals surface area (Å²) in [7, 11) is 12.5. The molecule has 1 heterocycles. The van der Waals surface area contributed by atoms with Crippen molar-refractivity contribution in [2.24, 2.45) is 6.49 Å². The number of hydrogen-bond donors (Lipinski definition) is 0. The van der Waals surface area contributed by atoms with Gasteiger partial charge in [-0.05, 0) is 0 Å². The molecule has 1 aliphatic rings. The maximum atomic E-state index is 6.26.